The number of nitro groups is 1. The number of hydrogen-bond acceptors (Lipinski definition) is 16. The number of rotatable bonds is 18. The Balaban J connectivity index is 1.43. The summed E-state index contributed by atoms with van der Waals surface area (Å²) in [6, 6.07) is 20.7. The van der Waals surface area contributed by atoms with E-state index in [0.29, 0.717) is 11.6 Å². The monoisotopic (exact) mass is 1070 g/mol. The van der Waals surface area contributed by atoms with Crippen molar-refractivity contribution in [3.8, 4) is 46.0 Å². The summed E-state index contributed by atoms with van der Waals surface area (Å²) in [5.74, 6) is -2.32. The van der Waals surface area contributed by atoms with E-state index in [1.54, 1.807) is 39.0 Å². The number of phenolic OH excluding ortho intramolecular Hbond substituents is 1. The van der Waals surface area contributed by atoms with Crippen molar-refractivity contribution in [3.63, 3.8) is 0 Å². The fourth-order valence-electron chi connectivity index (χ4n) is 7.83. The maximum atomic E-state index is 14.8. The van der Waals surface area contributed by atoms with Gasteiger partial charge in [0.05, 0.1) is 64.8 Å². The lowest BCUT2D eigenvalue weighted by Gasteiger charge is -2.27. The van der Waals surface area contributed by atoms with E-state index in [-0.39, 0.29) is 83.2 Å². The number of carbonyl (C=O) groups is 4. The third-order valence-corrected chi connectivity index (χ3v) is 13.4. The quantitative estimate of drug-likeness (QED) is 0.0272. The molecular weight excluding hydrogens is 1000 g/mol. The van der Waals surface area contributed by atoms with Gasteiger partial charge in [-0.25, -0.2) is 9.59 Å². The Morgan fingerprint density at radius 3 is 2.24 bits per heavy atom. The van der Waals surface area contributed by atoms with Crippen LogP contribution in [-0.4, -0.2) is 100 Å². The summed E-state index contributed by atoms with van der Waals surface area (Å²) in [4.78, 5) is 68.0. The van der Waals surface area contributed by atoms with E-state index < -0.39 is 84.8 Å². The lowest BCUT2D eigenvalue weighted by molar-refractivity contribution is -0.385. The van der Waals surface area contributed by atoms with Crippen LogP contribution in [0.1, 0.15) is 66.7 Å². The minimum atomic E-state index is -1.67. The molecule has 5 aromatic carbocycles. The first-order valence-electron chi connectivity index (χ1n) is 24.2. The number of nitro benzene ring substituents is 1. The van der Waals surface area contributed by atoms with E-state index in [2.05, 4.69) is 40.9 Å². The second kappa shape index (κ2) is 25.4. The number of aromatic hydroxyl groups is 1. The molecule has 22 heteroatoms. The van der Waals surface area contributed by atoms with Gasteiger partial charge in [0.15, 0.2) is 23.0 Å². The maximum Gasteiger partial charge on any atom is 0.408 e. The Morgan fingerprint density at radius 2 is 1.58 bits per heavy atom. The molecule has 7 rings (SSSR count). The second-order valence-electron chi connectivity index (χ2n) is 19.9. The summed E-state index contributed by atoms with van der Waals surface area (Å²) in [6.45, 7) is 11.1. The number of amides is 4. The Morgan fingerprint density at radius 1 is 0.842 bits per heavy atom. The number of benzene rings is 5. The molecule has 0 saturated carbocycles. The molecule has 0 unspecified atom stereocenters. The zero-order valence-corrected chi connectivity index (χ0v) is 44.8. The molecule has 2 heterocycles. The second-order valence-corrected chi connectivity index (χ2v) is 25.5. The van der Waals surface area contributed by atoms with Crippen LogP contribution in [0, 0.1) is 10.1 Å². The zero-order valence-electron chi connectivity index (χ0n) is 43.8. The third kappa shape index (κ3) is 16.0. The first-order chi connectivity index (χ1) is 36.1. The molecule has 0 radical (unpaired) electrons. The van der Waals surface area contributed by atoms with E-state index in [1.807, 2.05) is 30.3 Å². The molecule has 2 aliphatic heterocycles. The highest BCUT2D eigenvalue weighted by molar-refractivity contribution is 6.76. The molecule has 76 heavy (non-hydrogen) atoms. The van der Waals surface area contributed by atoms with Gasteiger partial charge in [-0.3, -0.25) is 19.7 Å². The highest BCUT2D eigenvalue weighted by Crippen LogP contribution is 2.44. The Kier molecular flexibility index (Phi) is 19.1. The number of aliphatic hydroxyl groups excluding tert-OH is 1. The van der Waals surface area contributed by atoms with E-state index in [9.17, 15) is 39.5 Å². The van der Waals surface area contributed by atoms with Gasteiger partial charge in [-0.1, -0.05) is 62.1 Å². The number of alkyl carbamates (subject to hydrolysis) is 2. The normalized spacial score (nSPS) is 16.2. The van der Waals surface area contributed by atoms with Crippen LogP contribution in [0.2, 0.25) is 25.7 Å². The van der Waals surface area contributed by atoms with Crippen LogP contribution < -0.4 is 45.0 Å². The molecule has 0 spiro atoms. The third-order valence-electron chi connectivity index (χ3n) is 11.7. The first kappa shape index (κ1) is 57.2. The lowest BCUT2D eigenvalue weighted by Crippen LogP contribution is -2.51. The topological polar surface area (TPSA) is 274 Å². The van der Waals surface area contributed by atoms with Crippen molar-refractivity contribution in [3.05, 3.63) is 135 Å². The predicted octanol–water partition coefficient (Wildman–Crippen LogP) is 8.69. The van der Waals surface area contributed by atoms with Gasteiger partial charge in [0.2, 0.25) is 23.3 Å². The van der Waals surface area contributed by atoms with E-state index in [4.69, 9.17) is 37.9 Å². The van der Waals surface area contributed by atoms with Crippen LogP contribution in [-0.2, 0) is 36.8 Å². The van der Waals surface area contributed by atoms with E-state index in [1.165, 1.54) is 69.9 Å². The van der Waals surface area contributed by atoms with E-state index in [0.717, 1.165) is 5.56 Å². The molecule has 0 saturated heterocycles. The van der Waals surface area contributed by atoms with Gasteiger partial charge < -0.3 is 69.4 Å². The molecular formula is C54H65N5O16Si. The van der Waals surface area contributed by atoms with Gasteiger partial charge in [0.25, 0.3) is 0 Å². The molecule has 4 bridgehead atoms. The van der Waals surface area contributed by atoms with Crippen LogP contribution in [0.4, 0.5) is 15.3 Å². The molecule has 5 aromatic rings. The molecule has 406 valence electrons. The number of nitrogens with one attached hydrogen (secondary N) is 4. The van der Waals surface area contributed by atoms with Crippen molar-refractivity contribution in [2.45, 2.75) is 89.3 Å². The zero-order chi connectivity index (χ0) is 55.3. The fourth-order valence-corrected chi connectivity index (χ4v) is 8.55. The van der Waals surface area contributed by atoms with E-state index >= 15 is 0 Å². The van der Waals surface area contributed by atoms with Crippen LogP contribution in [0.15, 0.2) is 97.1 Å². The van der Waals surface area contributed by atoms with Gasteiger partial charge >= 0.3 is 17.9 Å². The number of nitrogens with zero attached hydrogens (tertiary/aromatic N) is 1. The standard InChI is InChI=1S/C54H65N5O16Si/c1-54(2,3)75-53(65)57-41(31-71-30-32-13-11-10-12-14-32)34-16-18-45(69-5)46(26-34)73-38-24-36(23-37(28-38)68-4)48-51(63)55-40(29-60)35-25-43(61)49(70-6)47(27-35)74-44-17-15-33(22-42(44)59(66)67)21-39(50(62)58-48)56-52(64)72-19-20-76(7,8)9/h10-18,22-28,39-41,48,60-61H,19-21,29-31H2,1-9H3,(H,55,63)(H,56,64)(H,57,65)(H,58,62)/t39-,40+,41+,48+/m1/s1. The first-order valence-corrected chi connectivity index (χ1v) is 27.9. The fraction of sp³-hybridized carbons (Fsp3) is 0.370. The Bertz CT molecular complexity index is 2870. The van der Waals surface area contributed by atoms with Crippen LogP contribution in [0.3, 0.4) is 0 Å². The van der Waals surface area contributed by atoms with Crippen molar-refractivity contribution in [1.29, 1.82) is 0 Å². The summed E-state index contributed by atoms with van der Waals surface area (Å²) >= 11 is 0. The summed E-state index contributed by atoms with van der Waals surface area (Å²) in [6.07, 6.45) is -1.98. The van der Waals surface area contributed by atoms with Crippen LogP contribution >= 0.6 is 0 Å². The number of phenols is 1. The molecule has 4 atom stereocenters. The molecule has 0 aromatic heterocycles. The average Bonchev–Trinajstić information content (AvgIpc) is 3.36. The van der Waals surface area contributed by atoms with Gasteiger partial charge in [-0.2, -0.15) is 0 Å². The minimum Gasteiger partial charge on any atom is -0.504 e. The lowest BCUT2D eigenvalue weighted by atomic mass is 10.00. The Labute approximate surface area is 441 Å². The summed E-state index contributed by atoms with van der Waals surface area (Å²) in [7, 11) is 2.39. The number of methoxy groups -OCH3 is 3. The highest BCUT2D eigenvalue weighted by Gasteiger charge is 2.33. The average molecular weight is 1070 g/mol. The molecule has 2 aliphatic rings. The SMILES string of the molecule is COc1cc(Oc2cc([C@H](COCc3ccccc3)NC(=O)OC(C)(C)C)ccc2OC)cc([C@@H]2NC(=O)[C@H](NC(=O)OCC[Si](C)(C)C)Cc3ccc(c([N+](=O)[O-])c3)Oc3cc(cc(O)c3OC)[C@H](CO)NC2=O)c1. The van der Waals surface area contributed by atoms with Gasteiger partial charge in [0, 0.05) is 26.6 Å². The Hall–Kier alpha value is -8.08. The predicted molar refractivity (Wildman–Crippen MR) is 281 cm³/mol. The molecule has 4 amide bonds. The number of carbonyl (C=O) groups excluding carboxylic acids is 4. The van der Waals surface area contributed by atoms with Crippen molar-refractivity contribution in [2.24, 2.45) is 0 Å². The number of aliphatic hydroxyl groups is 1. The molecule has 21 nitrogen and oxygen atoms in total. The van der Waals surface area contributed by atoms with Gasteiger partial charge in [0.1, 0.15) is 29.2 Å². The van der Waals surface area contributed by atoms with Gasteiger partial charge in [-0.05, 0) is 97.1 Å². The van der Waals surface area contributed by atoms with Crippen molar-refractivity contribution in [1.82, 2.24) is 21.3 Å². The minimum absolute atomic E-state index is 0.0211. The van der Waals surface area contributed by atoms with Gasteiger partial charge in [-0.15, -0.1) is 0 Å². The van der Waals surface area contributed by atoms with Crippen molar-refractivity contribution >= 4 is 37.8 Å². The molecule has 6 N–H and O–H groups in total. The number of ether oxygens (including phenoxy) is 8. The number of fused-ring (bicyclic) bond motifs is 9. The number of hydrogen-bond donors (Lipinski definition) is 6. The smallest absolute Gasteiger partial charge is 0.408 e. The van der Waals surface area contributed by atoms with Crippen molar-refractivity contribution in [2.75, 3.05) is 41.2 Å². The largest absolute Gasteiger partial charge is 0.504 e. The maximum absolute atomic E-state index is 14.8. The summed E-state index contributed by atoms with van der Waals surface area (Å²) in [5, 5.41) is 45.4. The van der Waals surface area contributed by atoms with Crippen LogP contribution in [0.5, 0.6) is 46.0 Å². The highest BCUT2D eigenvalue weighted by atomic mass is 28.3. The van der Waals surface area contributed by atoms with Crippen LogP contribution in [0.25, 0.3) is 0 Å². The van der Waals surface area contributed by atoms with Crippen molar-refractivity contribution < 1.29 is 72.2 Å². The molecule has 0 aliphatic carbocycles. The summed E-state index contributed by atoms with van der Waals surface area (Å²) < 4.78 is 46.5. The molecule has 0 fully saturated rings. The summed E-state index contributed by atoms with van der Waals surface area (Å²) in [5.41, 5.74) is 0.470.